The Bertz CT molecular complexity index is 406. The number of hydrogen-bond acceptors (Lipinski definition) is 2. The fourth-order valence-corrected chi connectivity index (χ4v) is 2.38. The van der Waals surface area contributed by atoms with Crippen LogP contribution < -0.4 is 5.73 Å². The van der Waals surface area contributed by atoms with E-state index in [-0.39, 0.29) is 18.4 Å². The number of nitrogens with two attached hydrogens (primary N) is 1. The second kappa shape index (κ2) is 3.83. The van der Waals surface area contributed by atoms with E-state index < -0.39 is 5.97 Å². The highest BCUT2D eigenvalue weighted by Crippen LogP contribution is 2.41. The van der Waals surface area contributed by atoms with Crippen molar-refractivity contribution in [1.29, 1.82) is 0 Å². The summed E-state index contributed by atoms with van der Waals surface area (Å²) < 4.78 is 0. The number of carboxylic acid groups (broad SMARTS) is 1. The molecule has 2 atom stereocenters. The van der Waals surface area contributed by atoms with E-state index in [0.29, 0.717) is 11.4 Å². The zero-order chi connectivity index (χ0) is 11.0. The molecular formula is C11H12ClNO2. The molecule has 0 saturated heterocycles. The maximum Gasteiger partial charge on any atom is 0.303 e. The van der Waals surface area contributed by atoms with Crippen LogP contribution in [-0.4, -0.2) is 11.1 Å². The normalized spacial score (nSPS) is 23.9. The monoisotopic (exact) mass is 225 g/mol. The highest BCUT2D eigenvalue weighted by molar-refractivity contribution is 6.30. The topological polar surface area (TPSA) is 63.3 Å². The predicted octanol–water partition coefficient (Wildman–Crippen LogP) is 2.30. The van der Waals surface area contributed by atoms with Crippen molar-refractivity contribution in [1.82, 2.24) is 0 Å². The van der Waals surface area contributed by atoms with E-state index in [9.17, 15) is 4.79 Å². The number of hydrogen-bond donors (Lipinski definition) is 2. The Labute approximate surface area is 92.8 Å². The Hall–Kier alpha value is -1.06. The van der Waals surface area contributed by atoms with E-state index in [0.717, 1.165) is 11.1 Å². The predicted molar refractivity (Wildman–Crippen MR) is 58.0 cm³/mol. The molecule has 2 rings (SSSR count). The van der Waals surface area contributed by atoms with Gasteiger partial charge in [0.15, 0.2) is 0 Å². The van der Waals surface area contributed by atoms with Gasteiger partial charge < -0.3 is 10.8 Å². The molecular weight excluding hydrogens is 214 g/mol. The van der Waals surface area contributed by atoms with Crippen molar-refractivity contribution in [2.45, 2.75) is 24.8 Å². The summed E-state index contributed by atoms with van der Waals surface area (Å²) >= 11 is 5.87. The summed E-state index contributed by atoms with van der Waals surface area (Å²) in [5, 5.41) is 9.43. The minimum absolute atomic E-state index is 0.0322. The van der Waals surface area contributed by atoms with Gasteiger partial charge in [-0.2, -0.15) is 0 Å². The van der Waals surface area contributed by atoms with Gasteiger partial charge in [-0.05, 0) is 35.6 Å². The Morgan fingerprint density at radius 1 is 1.53 bits per heavy atom. The number of fused-ring (bicyclic) bond motifs is 1. The van der Waals surface area contributed by atoms with Gasteiger partial charge in [-0.3, -0.25) is 4.79 Å². The van der Waals surface area contributed by atoms with Gasteiger partial charge in [-0.1, -0.05) is 17.7 Å². The summed E-state index contributed by atoms with van der Waals surface area (Å²) in [5.74, 6) is -0.750. The van der Waals surface area contributed by atoms with Gasteiger partial charge in [0.25, 0.3) is 0 Å². The largest absolute Gasteiger partial charge is 0.481 e. The van der Waals surface area contributed by atoms with Gasteiger partial charge in [0.05, 0.1) is 6.42 Å². The minimum Gasteiger partial charge on any atom is -0.481 e. The highest BCUT2D eigenvalue weighted by Gasteiger charge is 2.30. The van der Waals surface area contributed by atoms with Crippen LogP contribution in [0.25, 0.3) is 0 Å². The van der Waals surface area contributed by atoms with E-state index >= 15 is 0 Å². The van der Waals surface area contributed by atoms with Crippen LogP contribution in [0.15, 0.2) is 18.2 Å². The summed E-state index contributed by atoms with van der Waals surface area (Å²) in [4.78, 5) is 10.7. The summed E-state index contributed by atoms with van der Waals surface area (Å²) in [6, 6.07) is 5.43. The third-order valence-corrected chi connectivity index (χ3v) is 3.08. The first-order valence-corrected chi connectivity index (χ1v) is 5.22. The van der Waals surface area contributed by atoms with Crippen LogP contribution in [0.4, 0.5) is 0 Å². The molecule has 3 N–H and O–H groups in total. The van der Waals surface area contributed by atoms with E-state index in [4.69, 9.17) is 22.4 Å². The lowest BCUT2D eigenvalue weighted by Gasteiger charge is -2.07. The van der Waals surface area contributed by atoms with Gasteiger partial charge in [0.2, 0.25) is 0 Å². The lowest BCUT2D eigenvalue weighted by Crippen LogP contribution is -2.07. The van der Waals surface area contributed by atoms with Gasteiger partial charge >= 0.3 is 5.97 Å². The van der Waals surface area contributed by atoms with Crippen molar-refractivity contribution >= 4 is 17.6 Å². The summed E-state index contributed by atoms with van der Waals surface area (Å²) in [6.45, 7) is 0. The molecule has 0 bridgehead atoms. The van der Waals surface area contributed by atoms with Gasteiger partial charge in [0, 0.05) is 11.1 Å². The van der Waals surface area contributed by atoms with Crippen molar-refractivity contribution in [3.63, 3.8) is 0 Å². The molecule has 80 valence electrons. The fourth-order valence-electron chi connectivity index (χ4n) is 2.20. The van der Waals surface area contributed by atoms with Crippen LogP contribution in [0, 0.1) is 0 Å². The third-order valence-electron chi connectivity index (χ3n) is 2.85. The number of carbonyl (C=O) groups is 1. The molecule has 1 aliphatic carbocycles. The molecule has 0 fully saturated rings. The molecule has 0 heterocycles. The number of halogens is 1. The molecule has 0 radical (unpaired) electrons. The van der Waals surface area contributed by atoms with Gasteiger partial charge in [-0.15, -0.1) is 0 Å². The van der Waals surface area contributed by atoms with Crippen molar-refractivity contribution in [2.24, 2.45) is 5.73 Å². The zero-order valence-electron chi connectivity index (χ0n) is 8.11. The lowest BCUT2D eigenvalue weighted by molar-refractivity contribution is -0.137. The van der Waals surface area contributed by atoms with E-state index in [2.05, 4.69) is 0 Å². The highest BCUT2D eigenvalue weighted by atomic mass is 35.5. The van der Waals surface area contributed by atoms with Gasteiger partial charge in [0.1, 0.15) is 0 Å². The van der Waals surface area contributed by atoms with Gasteiger partial charge in [-0.25, -0.2) is 0 Å². The van der Waals surface area contributed by atoms with E-state index in [1.165, 1.54) is 0 Å². The fraction of sp³-hybridized carbons (Fsp3) is 0.364. The Kier molecular flexibility index (Phi) is 2.67. The first-order valence-electron chi connectivity index (χ1n) is 4.84. The van der Waals surface area contributed by atoms with Crippen molar-refractivity contribution in [2.75, 3.05) is 0 Å². The molecule has 0 aliphatic heterocycles. The number of benzene rings is 1. The van der Waals surface area contributed by atoms with Crippen molar-refractivity contribution in [3.8, 4) is 0 Å². The Balaban J connectivity index is 2.33. The van der Waals surface area contributed by atoms with Crippen LogP contribution in [0.2, 0.25) is 5.02 Å². The van der Waals surface area contributed by atoms with Crippen LogP contribution in [-0.2, 0) is 4.79 Å². The lowest BCUT2D eigenvalue weighted by atomic mass is 9.98. The molecule has 1 aliphatic rings. The van der Waals surface area contributed by atoms with Crippen molar-refractivity contribution in [3.05, 3.63) is 34.3 Å². The van der Waals surface area contributed by atoms with Crippen LogP contribution in [0.1, 0.15) is 35.9 Å². The second-order valence-electron chi connectivity index (χ2n) is 3.91. The molecule has 3 nitrogen and oxygen atoms in total. The second-order valence-corrected chi connectivity index (χ2v) is 4.35. The van der Waals surface area contributed by atoms with Crippen molar-refractivity contribution < 1.29 is 9.90 Å². The molecule has 0 spiro atoms. The SMILES string of the molecule is NC1CC(CC(=O)O)c2ccc(Cl)cc21. The van der Waals surface area contributed by atoms with Crippen LogP contribution in [0.3, 0.4) is 0 Å². The maximum absolute atomic E-state index is 10.7. The smallest absolute Gasteiger partial charge is 0.303 e. The van der Waals surface area contributed by atoms with Crippen LogP contribution in [0.5, 0.6) is 0 Å². The molecule has 15 heavy (non-hydrogen) atoms. The molecule has 0 amide bonds. The number of rotatable bonds is 2. The Morgan fingerprint density at radius 2 is 2.27 bits per heavy atom. The quantitative estimate of drug-likeness (QED) is 0.812. The molecule has 0 aromatic heterocycles. The van der Waals surface area contributed by atoms with E-state index in [1.807, 2.05) is 12.1 Å². The molecule has 0 saturated carbocycles. The average molecular weight is 226 g/mol. The Morgan fingerprint density at radius 3 is 2.93 bits per heavy atom. The molecule has 2 unspecified atom stereocenters. The molecule has 1 aromatic rings. The molecule has 1 aromatic carbocycles. The average Bonchev–Trinajstić information content (AvgIpc) is 2.42. The number of carboxylic acids is 1. The first kappa shape index (κ1) is 10.5. The standard InChI is InChI=1S/C11H12ClNO2/c12-7-1-2-8-6(4-11(14)15)3-10(13)9(8)5-7/h1-2,5-6,10H,3-4,13H2,(H,14,15). The van der Waals surface area contributed by atoms with Crippen LogP contribution >= 0.6 is 11.6 Å². The third kappa shape index (κ3) is 1.98. The number of aliphatic carboxylic acids is 1. The summed E-state index contributed by atoms with van der Waals surface area (Å²) in [7, 11) is 0. The molecule has 4 heteroatoms. The first-order chi connectivity index (χ1) is 7.08. The van der Waals surface area contributed by atoms with E-state index in [1.54, 1.807) is 6.07 Å². The summed E-state index contributed by atoms with van der Waals surface area (Å²) in [5.41, 5.74) is 7.96. The minimum atomic E-state index is -0.782. The zero-order valence-corrected chi connectivity index (χ0v) is 8.87. The summed E-state index contributed by atoms with van der Waals surface area (Å²) in [6.07, 6.45) is 0.838. The maximum atomic E-state index is 10.7.